The van der Waals surface area contributed by atoms with E-state index in [1.165, 1.54) is 5.56 Å². The van der Waals surface area contributed by atoms with Gasteiger partial charge in [-0.3, -0.25) is 0 Å². The van der Waals surface area contributed by atoms with E-state index in [1.54, 1.807) is 0 Å². The number of aliphatic hydroxyl groups is 1. The fourth-order valence-electron chi connectivity index (χ4n) is 2.54. The lowest BCUT2D eigenvalue weighted by molar-refractivity contribution is 0.108. The van der Waals surface area contributed by atoms with Crippen molar-refractivity contribution < 1.29 is 9.84 Å². The van der Waals surface area contributed by atoms with Gasteiger partial charge in [-0.1, -0.05) is 42.5 Å². The largest absolute Gasteiger partial charge is 0.488 e. The molecule has 2 aromatic carbocycles. The van der Waals surface area contributed by atoms with Gasteiger partial charge in [-0.05, 0) is 30.0 Å². The molecule has 2 aromatic rings. The molecule has 3 rings (SSSR count). The van der Waals surface area contributed by atoms with E-state index >= 15 is 0 Å². The van der Waals surface area contributed by atoms with E-state index < -0.39 is 6.10 Å². The average Bonchev–Trinajstić information content (AvgIpc) is 2.53. The Kier molecular flexibility index (Phi) is 3.88. The monoisotopic (exact) mass is 269 g/mol. The number of hydrogen-bond acceptors (Lipinski definition) is 3. The fourth-order valence-corrected chi connectivity index (χ4v) is 2.54. The molecule has 0 amide bonds. The van der Waals surface area contributed by atoms with Gasteiger partial charge in [-0.15, -0.1) is 0 Å². The van der Waals surface area contributed by atoms with Crippen molar-refractivity contribution in [3.05, 3.63) is 59.7 Å². The molecule has 0 aliphatic carbocycles. The Morgan fingerprint density at radius 1 is 1.10 bits per heavy atom. The van der Waals surface area contributed by atoms with E-state index in [4.69, 9.17) is 4.74 Å². The van der Waals surface area contributed by atoms with Crippen LogP contribution in [0.1, 0.15) is 23.7 Å². The summed E-state index contributed by atoms with van der Waals surface area (Å²) in [7, 11) is 0. The molecular formula is C17H19NO2. The van der Waals surface area contributed by atoms with Gasteiger partial charge in [0, 0.05) is 6.54 Å². The average molecular weight is 269 g/mol. The van der Waals surface area contributed by atoms with Crippen LogP contribution in [-0.2, 0) is 6.42 Å². The van der Waals surface area contributed by atoms with E-state index in [0.717, 1.165) is 36.4 Å². The molecule has 0 fully saturated rings. The zero-order valence-corrected chi connectivity index (χ0v) is 11.4. The molecule has 1 heterocycles. The summed E-state index contributed by atoms with van der Waals surface area (Å²) in [5.41, 5.74) is 3.26. The number of ether oxygens (including phenoxy) is 1. The summed E-state index contributed by atoms with van der Waals surface area (Å²) in [5, 5.41) is 13.5. The number of para-hydroxylation sites is 1. The fraction of sp³-hybridized carbons (Fsp3) is 0.294. The summed E-state index contributed by atoms with van der Waals surface area (Å²) in [4.78, 5) is 0. The molecular weight excluding hydrogens is 250 g/mol. The minimum atomic E-state index is -0.601. The first kappa shape index (κ1) is 13.0. The quantitative estimate of drug-likeness (QED) is 0.896. The van der Waals surface area contributed by atoms with Gasteiger partial charge in [0.05, 0.1) is 5.69 Å². The predicted octanol–water partition coefficient (Wildman–Crippen LogP) is 3.16. The Labute approximate surface area is 119 Å². The molecule has 0 radical (unpaired) electrons. The zero-order chi connectivity index (χ0) is 13.8. The van der Waals surface area contributed by atoms with Crippen LogP contribution in [0.15, 0.2) is 48.5 Å². The summed E-state index contributed by atoms with van der Waals surface area (Å²) < 4.78 is 5.81. The maximum absolute atomic E-state index is 10.1. The molecule has 1 aliphatic rings. The van der Waals surface area contributed by atoms with E-state index in [-0.39, 0.29) is 6.61 Å². The second-order valence-corrected chi connectivity index (χ2v) is 5.06. The Hall–Kier alpha value is -2.00. The smallest absolute Gasteiger partial charge is 0.142 e. The van der Waals surface area contributed by atoms with Gasteiger partial charge in [0.2, 0.25) is 0 Å². The van der Waals surface area contributed by atoms with Crippen LogP contribution in [0.25, 0.3) is 0 Å². The van der Waals surface area contributed by atoms with Crippen molar-refractivity contribution in [3.63, 3.8) is 0 Å². The number of aryl methyl sites for hydroxylation is 1. The van der Waals surface area contributed by atoms with E-state index in [2.05, 4.69) is 11.4 Å². The Morgan fingerprint density at radius 3 is 2.80 bits per heavy atom. The van der Waals surface area contributed by atoms with Crippen LogP contribution in [0.3, 0.4) is 0 Å². The number of nitrogens with one attached hydrogen (secondary N) is 1. The highest BCUT2D eigenvalue weighted by atomic mass is 16.5. The van der Waals surface area contributed by atoms with Gasteiger partial charge in [0.15, 0.2) is 0 Å². The van der Waals surface area contributed by atoms with E-state index in [1.807, 2.05) is 42.5 Å². The third kappa shape index (κ3) is 2.78. The van der Waals surface area contributed by atoms with Gasteiger partial charge in [0.1, 0.15) is 18.5 Å². The number of benzene rings is 2. The van der Waals surface area contributed by atoms with Gasteiger partial charge in [0.25, 0.3) is 0 Å². The van der Waals surface area contributed by atoms with Crippen molar-refractivity contribution in [2.45, 2.75) is 18.9 Å². The first-order chi connectivity index (χ1) is 9.84. The summed E-state index contributed by atoms with van der Waals surface area (Å²) in [6.07, 6.45) is 1.64. The molecule has 20 heavy (non-hydrogen) atoms. The molecule has 3 heteroatoms. The van der Waals surface area contributed by atoms with Crippen molar-refractivity contribution in [1.29, 1.82) is 0 Å². The number of anilines is 1. The molecule has 0 aromatic heterocycles. The highest BCUT2D eigenvalue weighted by Gasteiger charge is 2.14. The van der Waals surface area contributed by atoms with Crippen LogP contribution in [0.4, 0.5) is 5.69 Å². The van der Waals surface area contributed by atoms with Crippen molar-refractivity contribution in [1.82, 2.24) is 0 Å². The lowest BCUT2D eigenvalue weighted by Gasteiger charge is -2.22. The van der Waals surface area contributed by atoms with E-state index in [0.29, 0.717) is 0 Å². The molecule has 2 N–H and O–H groups in total. The first-order valence-corrected chi connectivity index (χ1v) is 7.06. The van der Waals surface area contributed by atoms with Crippen molar-refractivity contribution in [3.8, 4) is 5.75 Å². The molecule has 3 nitrogen and oxygen atoms in total. The second kappa shape index (κ2) is 5.97. The second-order valence-electron chi connectivity index (χ2n) is 5.06. The predicted molar refractivity (Wildman–Crippen MR) is 80.1 cm³/mol. The van der Waals surface area contributed by atoms with Crippen LogP contribution >= 0.6 is 0 Å². The molecule has 1 aliphatic heterocycles. The SMILES string of the molecule is OC(COc1cccc2c1NCCC2)c1ccccc1. The molecule has 104 valence electrons. The van der Waals surface area contributed by atoms with Crippen LogP contribution in [0, 0.1) is 0 Å². The summed E-state index contributed by atoms with van der Waals surface area (Å²) in [6, 6.07) is 15.7. The Bertz CT molecular complexity index is 568. The van der Waals surface area contributed by atoms with Crippen molar-refractivity contribution in [2.75, 3.05) is 18.5 Å². The van der Waals surface area contributed by atoms with Crippen LogP contribution in [0.2, 0.25) is 0 Å². The number of rotatable bonds is 4. The zero-order valence-electron chi connectivity index (χ0n) is 11.4. The van der Waals surface area contributed by atoms with Crippen LogP contribution < -0.4 is 10.1 Å². The van der Waals surface area contributed by atoms with Gasteiger partial charge < -0.3 is 15.2 Å². The Balaban J connectivity index is 1.70. The van der Waals surface area contributed by atoms with Crippen molar-refractivity contribution >= 4 is 5.69 Å². The van der Waals surface area contributed by atoms with Crippen molar-refractivity contribution in [2.24, 2.45) is 0 Å². The topological polar surface area (TPSA) is 41.5 Å². The number of aliphatic hydroxyl groups excluding tert-OH is 1. The molecule has 1 unspecified atom stereocenters. The minimum Gasteiger partial charge on any atom is -0.488 e. The summed E-state index contributed by atoms with van der Waals surface area (Å²) in [5.74, 6) is 0.831. The van der Waals surface area contributed by atoms with Gasteiger partial charge in [-0.25, -0.2) is 0 Å². The highest BCUT2D eigenvalue weighted by Crippen LogP contribution is 2.32. The summed E-state index contributed by atoms with van der Waals surface area (Å²) >= 11 is 0. The van der Waals surface area contributed by atoms with Gasteiger partial charge in [-0.2, -0.15) is 0 Å². The third-order valence-electron chi connectivity index (χ3n) is 3.62. The normalized spacial score (nSPS) is 15.1. The third-order valence-corrected chi connectivity index (χ3v) is 3.62. The molecule has 0 bridgehead atoms. The Morgan fingerprint density at radius 2 is 1.95 bits per heavy atom. The lowest BCUT2D eigenvalue weighted by Crippen LogP contribution is -2.15. The van der Waals surface area contributed by atoms with Crippen LogP contribution in [0.5, 0.6) is 5.75 Å². The molecule has 0 saturated heterocycles. The maximum atomic E-state index is 10.1. The molecule has 1 atom stereocenters. The van der Waals surface area contributed by atoms with E-state index in [9.17, 15) is 5.11 Å². The number of hydrogen-bond donors (Lipinski definition) is 2. The van der Waals surface area contributed by atoms with Gasteiger partial charge >= 0.3 is 0 Å². The molecule has 0 saturated carbocycles. The highest BCUT2D eigenvalue weighted by molar-refractivity contribution is 5.63. The minimum absolute atomic E-state index is 0.266. The standard InChI is InChI=1S/C17H19NO2/c19-15(13-6-2-1-3-7-13)12-20-16-10-4-8-14-9-5-11-18-17(14)16/h1-4,6-8,10,15,18-19H,5,9,11-12H2. The van der Waals surface area contributed by atoms with Crippen LogP contribution in [-0.4, -0.2) is 18.3 Å². The summed E-state index contributed by atoms with van der Waals surface area (Å²) in [6.45, 7) is 1.25. The maximum Gasteiger partial charge on any atom is 0.142 e. The lowest BCUT2D eigenvalue weighted by atomic mass is 10.0. The first-order valence-electron chi connectivity index (χ1n) is 7.06. The number of fused-ring (bicyclic) bond motifs is 1. The molecule has 0 spiro atoms.